The van der Waals surface area contributed by atoms with Crippen molar-refractivity contribution >= 4 is 0 Å². The Balaban J connectivity index is 2.09. The van der Waals surface area contributed by atoms with E-state index >= 15 is 0 Å². The number of nitrogens with zero attached hydrogens (tertiary/aromatic N) is 1. The molecule has 0 bridgehead atoms. The fourth-order valence-corrected chi connectivity index (χ4v) is 1.69. The number of hydrogen-bond donors (Lipinski definition) is 1. The van der Waals surface area contributed by atoms with Gasteiger partial charge in [-0.05, 0) is 25.5 Å². The first kappa shape index (κ1) is 8.33. The monoisotopic (exact) mass is 176 g/mol. The number of aryl methyl sites for hydroxylation is 1. The third-order valence-corrected chi connectivity index (χ3v) is 2.42. The van der Waals surface area contributed by atoms with Gasteiger partial charge in [-0.15, -0.1) is 0 Å². The van der Waals surface area contributed by atoms with Crippen LogP contribution in [0.2, 0.25) is 0 Å². The van der Waals surface area contributed by atoms with E-state index < -0.39 is 0 Å². The standard InChI is InChI=1S/C10H12N2O/c1-7-2-3-10(13-7)9-4-8(5-11)6-12-9/h2-3,8-9,12H,4,6H2,1H3. The van der Waals surface area contributed by atoms with Crippen molar-refractivity contribution in [2.75, 3.05) is 6.54 Å². The second-order valence-corrected chi connectivity index (χ2v) is 3.47. The molecule has 1 aliphatic heterocycles. The molecule has 0 radical (unpaired) electrons. The molecule has 1 N–H and O–H groups in total. The highest BCUT2D eigenvalue weighted by molar-refractivity contribution is 5.12. The molecule has 1 aliphatic rings. The molecule has 2 atom stereocenters. The first-order valence-electron chi connectivity index (χ1n) is 4.49. The summed E-state index contributed by atoms with van der Waals surface area (Å²) in [4.78, 5) is 0. The van der Waals surface area contributed by atoms with Gasteiger partial charge in [0.15, 0.2) is 0 Å². The zero-order valence-electron chi connectivity index (χ0n) is 7.58. The molecule has 68 valence electrons. The van der Waals surface area contributed by atoms with Crippen LogP contribution in [-0.4, -0.2) is 6.54 Å². The largest absolute Gasteiger partial charge is 0.465 e. The van der Waals surface area contributed by atoms with Crippen molar-refractivity contribution in [3.8, 4) is 6.07 Å². The zero-order chi connectivity index (χ0) is 9.26. The van der Waals surface area contributed by atoms with Crippen molar-refractivity contribution in [1.29, 1.82) is 5.26 Å². The van der Waals surface area contributed by atoms with E-state index in [1.54, 1.807) is 0 Å². The van der Waals surface area contributed by atoms with E-state index in [2.05, 4.69) is 11.4 Å². The van der Waals surface area contributed by atoms with Gasteiger partial charge in [0.25, 0.3) is 0 Å². The fourth-order valence-electron chi connectivity index (χ4n) is 1.69. The average Bonchev–Trinajstić information content (AvgIpc) is 2.71. The third-order valence-electron chi connectivity index (χ3n) is 2.42. The Hall–Kier alpha value is -1.27. The lowest BCUT2D eigenvalue weighted by molar-refractivity contribution is 0.426. The van der Waals surface area contributed by atoms with Gasteiger partial charge in [-0.2, -0.15) is 5.26 Å². The van der Waals surface area contributed by atoms with Crippen LogP contribution in [0.4, 0.5) is 0 Å². The first-order valence-corrected chi connectivity index (χ1v) is 4.49. The predicted molar refractivity (Wildman–Crippen MR) is 47.9 cm³/mol. The smallest absolute Gasteiger partial charge is 0.121 e. The van der Waals surface area contributed by atoms with Gasteiger partial charge >= 0.3 is 0 Å². The van der Waals surface area contributed by atoms with Crippen LogP contribution in [0, 0.1) is 24.2 Å². The molecule has 0 spiro atoms. The number of hydrogen-bond acceptors (Lipinski definition) is 3. The van der Waals surface area contributed by atoms with Crippen molar-refractivity contribution in [3.05, 3.63) is 23.7 Å². The van der Waals surface area contributed by atoms with Crippen molar-refractivity contribution in [2.45, 2.75) is 19.4 Å². The summed E-state index contributed by atoms with van der Waals surface area (Å²) >= 11 is 0. The van der Waals surface area contributed by atoms with Gasteiger partial charge in [0.2, 0.25) is 0 Å². The van der Waals surface area contributed by atoms with Crippen LogP contribution < -0.4 is 5.32 Å². The highest BCUT2D eigenvalue weighted by Gasteiger charge is 2.26. The van der Waals surface area contributed by atoms with E-state index in [1.807, 2.05) is 19.1 Å². The lowest BCUT2D eigenvalue weighted by atomic mass is 10.1. The van der Waals surface area contributed by atoms with Crippen LogP contribution >= 0.6 is 0 Å². The molecule has 1 aromatic heterocycles. The molecular formula is C10H12N2O. The molecule has 2 unspecified atom stereocenters. The number of furan rings is 1. The van der Waals surface area contributed by atoms with Gasteiger partial charge in [0.05, 0.1) is 18.0 Å². The van der Waals surface area contributed by atoms with Gasteiger partial charge in [-0.1, -0.05) is 0 Å². The third kappa shape index (κ3) is 1.58. The van der Waals surface area contributed by atoms with Gasteiger partial charge in [0.1, 0.15) is 11.5 Å². The molecule has 3 nitrogen and oxygen atoms in total. The van der Waals surface area contributed by atoms with E-state index in [9.17, 15) is 0 Å². The lowest BCUT2D eigenvalue weighted by Crippen LogP contribution is -2.12. The van der Waals surface area contributed by atoms with Crippen molar-refractivity contribution in [2.24, 2.45) is 5.92 Å². The Morgan fingerprint density at radius 2 is 2.46 bits per heavy atom. The summed E-state index contributed by atoms with van der Waals surface area (Å²) in [6.07, 6.45) is 0.865. The number of nitriles is 1. The fraction of sp³-hybridized carbons (Fsp3) is 0.500. The Bertz CT molecular complexity index is 337. The highest BCUT2D eigenvalue weighted by atomic mass is 16.3. The average molecular weight is 176 g/mol. The minimum Gasteiger partial charge on any atom is -0.465 e. The molecule has 2 heterocycles. The summed E-state index contributed by atoms with van der Waals surface area (Å²) in [6.45, 7) is 2.71. The molecule has 1 fully saturated rings. The molecule has 0 aliphatic carbocycles. The van der Waals surface area contributed by atoms with E-state index in [0.29, 0.717) is 0 Å². The molecular weight excluding hydrogens is 164 g/mol. The second kappa shape index (κ2) is 3.23. The normalized spacial score (nSPS) is 27.4. The summed E-state index contributed by atoms with van der Waals surface area (Å²) < 4.78 is 5.49. The Morgan fingerprint density at radius 3 is 3.00 bits per heavy atom. The van der Waals surface area contributed by atoms with Gasteiger partial charge in [-0.25, -0.2) is 0 Å². The minimum atomic E-state index is 0.135. The van der Waals surface area contributed by atoms with Crippen molar-refractivity contribution in [1.82, 2.24) is 5.32 Å². The molecule has 0 aromatic carbocycles. The lowest BCUT2D eigenvalue weighted by Gasteiger charge is -2.04. The van der Waals surface area contributed by atoms with E-state index in [4.69, 9.17) is 9.68 Å². The zero-order valence-corrected chi connectivity index (χ0v) is 7.58. The number of nitrogens with one attached hydrogen (secondary N) is 1. The summed E-state index contributed by atoms with van der Waals surface area (Å²) in [6, 6.07) is 6.43. The maximum Gasteiger partial charge on any atom is 0.121 e. The van der Waals surface area contributed by atoms with Gasteiger partial charge < -0.3 is 9.73 Å². The first-order chi connectivity index (χ1) is 6.29. The van der Waals surface area contributed by atoms with Crippen molar-refractivity contribution < 1.29 is 4.42 Å². The van der Waals surface area contributed by atoms with Crippen LogP contribution in [0.5, 0.6) is 0 Å². The second-order valence-electron chi connectivity index (χ2n) is 3.47. The summed E-state index contributed by atoms with van der Waals surface area (Å²) in [5.74, 6) is 2.02. The quantitative estimate of drug-likeness (QED) is 0.709. The van der Waals surface area contributed by atoms with Crippen LogP contribution in [0.15, 0.2) is 16.5 Å². The molecule has 1 aromatic rings. The van der Waals surface area contributed by atoms with Crippen LogP contribution in [0.3, 0.4) is 0 Å². The van der Waals surface area contributed by atoms with E-state index in [-0.39, 0.29) is 12.0 Å². The van der Waals surface area contributed by atoms with Gasteiger partial charge in [-0.3, -0.25) is 0 Å². The predicted octanol–water partition coefficient (Wildman–Crippen LogP) is 1.76. The van der Waals surface area contributed by atoms with E-state index in [0.717, 1.165) is 24.5 Å². The molecule has 3 heteroatoms. The molecule has 2 rings (SSSR count). The molecule has 0 saturated carbocycles. The summed E-state index contributed by atoms with van der Waals surface area (Å²) in [5.41, 5.74) is 0. The minimum absolute atomic E-state index is 0.135. The molecule has 1 saturated heterocycles. The Labute approximate surface area is 77.4 Å². The summed E-state index contributed by atoms with van der Waals surface area (Å²) in [5, 5.41) is 12.0. The molecule has 0 amide bonds. The maximum atomic E-state index is 8.72. The number of rotatable bonds is 1. The highest BCUT2D eigenvalue weighted by Crippen LogP contribution is 2.27. The molecule has 13 heavy (non-hydrogen) atoms. The maximum absolute atomic E-state index is 8.72. The van der Waals surface area contributed by atoms with Gasteiger partial charge in [0, 0.05) is 6.54 Å². The summed E-state index contributed by atoms with van der Waals surface area (Å²) in [7, 11) is 0. The SMILES string of the molecule is Cc1ccc(C2CC(C#N)CN2)o1. The topological polar surface area (TPSA) is 49.0 Å². The Kier molecular flexibility index (Phi) is 2.07. The Morgan fingerprint density at radius 1 is 1.62 bits per heavy atom. The van der Waals surface area contributed by atoms with Crippen molar-refractivity contribution in [3.63, 3.8) is 0 Å². The van der Waals surface area contributed by atoms with Crippen LogP contribution in [0.1, 0.15) is 24.0 Å². The van der Waals surface area contributed by atoms with Crippen LogP contribution in [0.25, 0.3) is 0 Å². The van der Waals surface area contributed by atoms with Crippen LogP contribution in [-0.2, 0) is 0 Å². The van der Waals surface area contributed by atoms with E-state index in [1.165, 1.54) is 0 Å².